The van der Waals surface area contributed by atoms with Crippen LogP contribution in [0.2, 0.25) is 0 Å². The van der Waals surface area contributed by atoms with Crippen LogP contribution in [0.4, 0.5) is 0 Å². The number of hydrogen-bond donors (Lipinski definition) is 1. The Morgan fingerprint density at radius 1 is 1.29 bits per heavy atom. The van der Waals surface area contributed by atoms with Crippen molar-refractivity contribution in [2.24, 2.45) is 4.99 Å². The van der Waals surface area contributed by atoms with Crippen molar-refractivity contribution >= 4 is 17.3 Å². The van der Waals surface area contributed by atoms with Gasteiger partial charge in [-0.3, -0.25) is 0 Å². The third-order valence-corrected chi connectivity index (χ3v) is 2.46. The average molecular weight is 244 g/mol. The summed E-state index contributed by atoms with van der Waals surface area (Å²) in [5.74, 6) is 0. The van der Waals surface area contributed by atoms with Crippen molar-refractivity contribution in [3.8, 4) is 5.69 Å². The molecule has 0 saturated carbocycles. The summed E-state index contributed by atoms with van der Waals surface area (Å²) in [6.07, 6.45) is 3.53. The van der Waals surface area contributed by atoms with E-state index in [-0.39, 0.29) is 0 Å². The molecule has 86 valence electrons. The Bertz CT molecular complexity index is 554. The monoisotopic (exact) mass is 244 g/mol. The maximum Gasteiger partial charge on any atom is 0.193 e. The molecule has 5 heteroatoms. The second kappa shape index (κ2) is 5.36. The Balaban J connectivity index is 2.31. The smallest absolute Gasteiger partial charge is 0.193 e. The van der Waals surface area contributed by atoms with Crippen LogP contribution in [0.3, 0.4) is 0 Å². The molecule has 0 aliphatic rings. The molecular formula is C12H12N4S. The van der Waals surface area contributed by atoms with Gasteiger partial charge >= 0.3 is 0 Å². The predicted molar refractivity (Wildman–Crippen MR) is 70.8 cm³/mol. The van der Waals surface area contributed by atoms with Crippen LogP contribution in [0, 0.1) is 0 Å². The van der Waals surface area contributed by atoms with Crippen molar-refractivity contribution in [1.29, 1.82) is 0 Å². The lowest BCUT2D eigenvalue weighted by Gasteiger charge is -2.03. The minimum Gasteiger partial charge on any atom is -0.364 e. The minimum atomic E-state index is 0.448. The Kier molecular flexibility index (Phi) is 3.62. The molecular weight excluding hydrogens is 232 g/mol. The largest absolute Gasteiger partial charge is 0.364 e. The van der Waals surface area contributed by atoms with Crippen LogP contribution in [0.1, 0.15) is 0 Å². The van der Waals surface area contributed by atoms with Crippen LogP contribution in [0.25, 0.3) is 5.69 Å². The molecule has 1 N–H and O–H groups in total. The molecule has 1 aromatic carbocycles. The van der Waals surface area contributed by atoms with Crippen LogP contribution in [-0.2, 0) is 0 Å². The normalized spacial score (nSPS) is 11.2. The highest BCUT2D eigenvalue weighted by molar-refractivity contribution is 7.80. The molecule has 0 bridgehead atoms. The van der Waals surface area contributed by atoms with E-state index >= 15 is 0 Å². The predicted octanol–water partition coefficient (Wildman–Crippen LogP) is 1.28. The maximum atomic E-state index is 4.95. The Hall–Kier alpha value is -2.01. The summed E-state index contributed by atoms with van der Waals surface area (Å²) in [5.41, 5.74) is 1.01. The molecule has 0 saturated heterocycles. The van der Waals surface area contributed by atoms with Gasteiger partial charge in [0, 0.05) is 13.2 Å². The fraction of sp³-hybridized carbons (Fsp3) is 0.0833. The first-order valence-corrected chi connectivity index (χ1v) is 5.57. The van der Waals surface area contributed by atoms with Gasteiger partial charge in [0.1, 0.15) is 0 Å². The van der Waals surface area contributed by atoms with Crippen LogP contribution in [0.15, 0.2) is 53.8 Å². The zero-order chi connectivity index (χ0) is 12.1. The third-order valence-electron chi connectivity index (χ3n) is 2.17. The standard InChI is InChI=1S/C12H12N4S/c1-13-12(17)15-10-7-8-16(14-9-10)11-5-3-2-4-6-11/h2-9H,1H3,(H,13,17)/b15-10-. The van der Waals surface area contributed by atoms with Crippen molar-refractivity contribution in [2.45, 2.75) is 0 Å². The molecule has 0 aliphatic carbocycles. The van der Waals surface area contributed by atoms with E-state index in [1.165, 1.54) is 0 Å². The van der Waals surface area contributed by atoms with Gasteiger partial charge < -0.3 is 5.32 Å². The number of hydrogen-bond acceptors (Lipinski definition) is 2. The Labute approximate surface area is 105 Å². The number of aromatic nitrogens is 2. The van der Waals surface area contributed by atoms with E-state index in [4.69, 9.17) is 12.2 Å². The third kappa shape index (κ3) is 2.98. The summed E-state index contributed by atoms with van der Waals surface area (Å²) in [5, 5.41) is 8.24. The lowest BCUT2D eigenvalue weighted by Crippen LogP contribution is -2.17. The summed E-state index contributed by atoms with van der Waals surface area (Å²) in [7, 11) is 1.74. The second-order valence-corrected chi connectivity index (χ2v) is 3.72. The maximum absolute atomic E-state index is 4.95. The molecule has 4 nitrogen and oxygen atoms in total. The van der Waals surface area contributed by atoms with E-state index in [0.29, 0.717) is 5.11 Å². The van der Waals surface area contributed by atoms with E-state index in [0.717, 1.165) is 11.0 Å². The number of nitrogens with one attached hydrogen (secondary N) is 1. The number of thiocarbonyl (C=S) groups is 1. The summed E-state index contributed by atoms with van der Waals surface area (Å²) in [6, 6.07) is 11.8. The highest BCUT2D eigenvalue weighted by Gasteiger charge is 1.93. The zero-order valence-electron chi connectivity index (χ0n) is 9.37. The first kappa shape index (κ1) is 11.5. The first-order chi connectivity index (χ1) is 8.29. The van der Waals surface area contributed by atoms with Crippen LogP contribution in [0.5, 0.6) is 0 Å². The molecule has 0 atom stereocenters. The molecule has 17 heavy (non-hydrogen) atoms. The topological polar surface area (TPSA) is 42.2 Å². The van der Waals surface area contributed by atoms with Gasteiger partial charge in [-0.15, -0.1) is 0 Å². The van der Waals surface area contributed by atoms with Gasteiger partial charge in [0.25, 0.3) is 0 Å². The Morgan fingerprint density at radius 2 is 2.06 bits per heavy atom. The van der Waals surface area contributed by atoms with E-state index in [9.17, 15) is 0 Å². The van der Waals surface area contributed by atoms with Crippen molar-refractivity contribution in [1.82, 2.24) is 15.1 Å². The van der Waals surface area contributed by atoms with Gasteiger partial charge in [0.05, 0.1) is 17.2 Å². The molecule has 0 radical (unpaired) electrons. The van der Waals surface area contributed by atoms with Crippen molar-refractivity contribution in [2.75, 3.05) is 7.05 Å². The van der Waals surface area contributed by atoms with E-state index in [1.807, 2.05) is 42.6 Å². The molecule has 0 spiro atoms. The number of para-hydroxylation sites is 1. The lowest BCUT2D eigenvalue weighted by atomic mass is 10.3. The molecule has 0 aliphatic heterocycles. The van der Waals surface area contributed by atoms with E-state index in [2.05, 4.69) is 15.4 Å². The first-order valence-electron chi connectivity index (χ1n) is 5.16. The van der Waals surface area contributed by atoms with Crippen LogP contribution in [-0.4, -0.2) is 21.9 Å². The SMILES string of the molecule is CNC(=S)/N=c1/ccn(-c2ccccc2)nc1. The van der Waals surface area contributed by atoms with Gasteiger partial charge in [-0.2, -0.15) is 5.10 Å². The second-order valence-electron chi connectivity index (χ2n) is 3.33. The fourth-order valence-electron chi connectivity index (χ4n) is 1.32. The molecule has 0 unspecified atom stereocenters. The summed E-state index contributed by atoms with van der Waals surface area (Å²) in [4.78, 5) is 4.16. The minimum absolute atomic E-state index is 0.448. The van der Waals surface area contributed by atoms with E-state index < -0.39 is 0 Å². The molecule has 2 rings (SSSR count). The lowest BCUT2D eigenvalue weighted by molar-refractivity contribution is 0.832. The van der Waals surface area contributed by atoms with E-state index in [1.54, 1.807) is 17.9 Å². The fourth-order valence-corrected chi connectivity index (χ4v) is 1.43. The van der Waals surface area contributed by atoms with Crippen molar-refractivity contribution in [3.63, 3.8) is 0 Å². The molecule has 0 fully saturated rings. The highest BCUT2D eigenvalue weighted by atomic mass is 32.1. The summed E-state index contributed by atoms with van der Waals surface area (Å²) in [6.45, 7) is 0. The van der Waals surface area contributed by atoms with Crippen molar-refractivity contribution in [3.05, 3.63) is 54.1 Å². The van der Waals surface area contributed by atoms with Crippen LogP contribution < -0.4 is 10.7 Å². The molecule has 1 heterocycles. The van der Waals surface area contributed by atoms with Gasteiger partial charge in [-0.1, -0.05) is 18.2 Å². The number of nitrogens with zero attached hydrogens (tertiary/aromatic N) is 3. The highest BCUT2D eigenvalue weighted by Crippen LogP contribution is 2.02. The van der Waals surface area contributed by atoms with Crippen LogP contribution >= 0.6 is 12.2 Å². The zero-order valence-corrected chi connectivity index (χ0v) is 10.2. The van der Waals surface area contributed by atoms with Crippen molar-refractivity contribution < 1.29 is 0 Å². The quantitative estimate of drug-likeness (QED) is 0.768. The average Bonchev–Trinajstić information content (AvgIpc) is 2.40. The Morgan fingerprint density at radius 3 is 2.65 bits per heavy atom. The summed E-state index contributed by atoms with van der Waals surface area (Å²) >= 11 is 4.95. The van der Waals surface area contributed by atoms with Gasteiger partial charge in [0.2, 0.25) is 0 Å². The molecule has 0 amide bonds. The summed E-state index contributed by atoms with van der Waals surface area (Å²) < 4.78 is 1.78. The number of rotatable bonds is 1. The molecule has 1 aromatic heterocycles. The van der Waals surface area contributed by atoms with Gasteiger partial charge in [0.15, 0.2) is 5.11 Å². The number of benzene rings is 1. The van der Waals surface area contributed by atoms with Gasteiger partial charge in [-0.05, 0) is 30.4 Å². The molecule has 2 aromatic rings. The van der Waals surface area contributed by atoms with Gasteiger partial charge in [-0.25, -0.2) is 9.67 Å².